The van der Waals surface area contributed by atoms with Gasteiger partial charge in [0.25, 0.3) is 0 Å². The zero-order valence-corrected chi connectivity index (χ0v) is 19.6. The van der Waals surface area contributed by atoms with Gasteiger partial charge in [-0.25, -0.2) is 0 Å². The molecule has 1 unspecified atom stereocenters. The summed E-state index contributed by atoms with van der Waals surface area (Å²) in [6.45, 7) is 7.56. The Kier molecular flexibility index (Phi) is 20.9. The minimum atomic E-state index is -0.0320. The highest BCUT2D eigenvalue weighted by Crippen LogP contribution is 2.17. The summed E-state index contributed by atoms with van der Waals surface area (Å²) in [4.78, 5) is 23.7. The molecule has 0 aromatic rings. The second-order valence-corrected chi connectivity index (χ2v) is 8.27. The maximum atomic E-state index is 12.1. The summed E-state index contributed by atoms with van der Waals surface area (Å²) < 4.78 is 10.6. The third kappa shape index (κ3) is 18.7. The van der Waals surface area contributed by atoms with Crippen LogP contribution in [-0.4, -0.2) is 25.2 Å². The normalized spacial score (nSPS) is 12.0. The lowest BCUT2D eigenvalue weighted by Gasteiger charge is -2.14. The van der Waals surface area contributed by atoms with Gasteiger partial charge < -0.3 is 9.47 Å². The van der Waals surface area contributed by atoms with Crippen molar-refractivity contribution in [2.24, 2.45) is 5.92 Å². The molecule has 4 nitrogen and oxygen atoms in total. The third-order valence-corrected chi connectivity index (χ3v) is 5.51. The number of esters is 2. The highest BCUT2D eigenvalue weighted by molar-refractivity contribution is 5.72. The van der Waals surface area contributed by atoms with Crippen molar-refractivity contribution in [3.05, 3.63) is 0 Å². The summed E-state index contributed by atoms with van der Waals surface area (Å²) in [6.07, 6.45) is 18.3. The Morgan fingerprint density at radius 2 is 1.14 bits per heavy atom. The molecule has 0 N–H and O–H groups in total. The van der Waals surface area contributed by atoms with Crippen LogP contribution < -0.4 is 0 Å². The van der Waals surface area contributed by atoms with E-state index in [1.165, 1.54) is 32.1 Å². The van der Waals surface area contributed by atoms with E-state index in [9.17, 15) is 9.59 Å². The molecule has 0 fully saturated rings. The van der Waals surface area contributed by atoms with Crippen LogP contribution >= 0.6 is 0 Å². The van der Waals surface area contributed by atoms with Crippen LogP contribution in [0.3, 0.4) is 0 Å². The van der Waals surface area contributed by atoms with Gasteiger partial charge in [0.1, 0.15) is 0 Å². The number of ether oxygens (including phenoxy) is 2. The number of hydrogen-bond acceptors (Lipinski definition) is 4. The van der Waals surface area contributed by atoms with E-state index in [4.69, 9.17) is 9.47 Å². The Bertz CT molecular complexity index is 381. The van der Waals surface area contributed by atoms with Crippen LogP contribution in [0.4, 0.5) is 0 Å². The van der Waals surface area contributed by atoms with Gasteiger partial charge in [0.15, 0.2) is 0 Å². The molecule has 29 heavy (non-hydrogen) atoms. The third-order valence-electron chi connectivity index (χ3n) is 5.51. The highest BCUT2D eigenvalue weighted by Gasteiger charge is 2.17. The number of unbranched alkanes of at least 4 members (excludes halogenated alkanes) is 11. The molecule has 172 valence electrons. The van der Waals surface area contributed by atoms with E-state index in [0.29, 0.717) is 19.6 Å². The quantitative estimate of drug-likeness (QED) is 0.146. The molecule has 0 aromatic carbocycles. The standard InChI is InChI=1S/C25H48O4/c1-4-7-17-21-28-24(26)20-16-14-12-10-9-11-13-15-19-23(6-3)25(27)29-22-18-8-5-2/h23H,4-22H2,1-3H3. The molecule has 0 aliphatic heterocycles. The first-order valence-electron chi connectivity index (χ1n) is 12.5. The topological polar surface area (TPSA) is 52.6 Å². The summed E-state index contributed by atoms with van der Waals surface area (Å²) in [5.41, 5.74) is 0. The minimum Gasteiger partial charge on any atom is -0.466 e. The molecule has 0 heterocycles. The lowest BCUT2D eigenvalue weighted by atomic mass is 9.98. The summed E-state index contributed by atoms with van der Waals surface area (Å²) >= 11 is 0. The molecular formula is C25H48O4. The van der Waals surface area contributed by atoms with Crippen molar-refractivity contribution in [3.63, 3.8) is 0 Å². The molecule has 0 aliphatic carbocycles. The molecule has 1 atom stereocenters. The smallest absolute Gasteiger partial charge is 0.308 e. The first-order chi connectivity index (χ1) is 14.2. The summed E-state index contributed by atoms with van der Waals surface area (Å²) in [5, 5.41) is 0. The average Bonchev–Trinajstić information content (AvgIpc) is 2.72. The van der Waals surface area contributed by atoms with Crippen molar-refractivity contribution >= 4 is 11.9 Å². The van der Waals surface area contributed by atoms with Crippen molar-refractivity contribution in [2.75, 3.05) is 13.2 Å². The minimum absolute atomic E-state index is 0.00694. The van der Waals surface area contributed by atoms with Crippen LogP contribution in [0.15, 0.2) is 0 Å². The Morgan fingerprint density at radius 1 is 0.621 bits per heavy atom. The molecule has 4 heteroatoms. The van der Waals surface area contributed by atoms with Crippen LogP contribution in [0.2, 0.25) is 0 Å². The van der Waals surface area contributed by atoms with E-state index in [-0.39, 0.29) is 17.9 Å². The predicted molar refractivity (Wildman–Crippen MR) is 121 cm³/mol. The fourth-order valence-electron chi connectivity index (χ4n) is 3.46. The van der Waals surface area contributed by atoms with Gasteiger partial charge in [0.05, 0.1) is 19.1 Å². The summed E-state index contributed by atoms with van der Waals surface area (Å²) in [7, 11) is 0. The molecule has 0 rings (SSSR count). The maximum absolute atomic E-state index is 12.1. The van der Waals surface area contributed by atoms with E-state index >= 15 is 0 Å². The summed E-state index contributed by atoms with van der Waals surface area (Å²) in [6, 6.07) is 0. The van der Waals surface area contributed by atoms with Crippen molar-refractivity contribution in [1.82, 2.24) is 0 Å². The van der Waals surface area contributed by atoms with E-state index < -0.39 is 0 Å². The van der Waals surface area contributed by atoms with E-state index in [1.807, 2.05) is 0 Å². The lowest BCUT2D eigenvalue weighted by molar-refractivity contribution is -0.149. The van der Waals surface area contributed by atoms with Crippen LogP contribution in [-0.2, 0) is 19.1 Å². The second kappa shape index (κ2) is 21.6. The van der Waals surface area contributed by atoms with Gasteiger partial charge in [-0.15, -0.1) is 0 Å². The van der Waals surface area contributed by atoms with Crippen LogP contribution in [0, 0.1) is 5.92 Å². The molecule has 0 bridgehead atoms. The summed E-state index contributed by atoms with van der Waals surface area (Å²) in [5.74, 6) is 0.0568. The molecule has 0 saturated carbocycles. The fourth-order valence-corrected chi connectivity index (χ4v) is 3.46. The lowest BCUT2D eigenvalue weighted by Crippen LogP contribution is -2.17. The van der Waals surface area contributed by atoms with Crippen molar-refractivity contribution in [1.29, 1.82) is 0 Å². The average molecular weight is 413 g/mol. The highest BCUT2D eigenvalue weighted by atomic mass is 16.5. The van der Waals surface area contributed by atoms with Crippen molar-refractivity contribution in [2.45, 2.75) is 130 Å². The van der Waals surface area contributed by atoms with Crippen LogP contribution in [0.1, 0.15) is 130 Å². The monoisotopic (exact) mass is 412 g/mol. The first-order valence-corrected chi connectivity index (χ1v) is 12.5. The van der Waals surface area contributed by atoms with Gasteiger partial charge in [-0.05, 0) is 32.1 Å². The maximum Gasteiger partial charge on any atom is 0.308 e. The van der Waals surface area contributed by atoms with Gasteiger partial charge in [-0.2, -0.15) is 0 Å². The number of hydrogen-bond donors (Lipinski definition) is 0. The van der Waals surface area contributed by atoms with E-state index in [2.05, 4.69) is 20.8 Å². The van der Waals surface area contributed by atoms with E-state index in [0.717, 1.165) is 70.6 Å². The van der Waals surface area contributed by atoms with Crippen molar-refractivity contribution < 1.29 is 19.1 Å². The number of rotatable bonds is 21. The molecule has 0 amide bonds. The second-order valence-electron chi connectivity index (χ2n) is 8.27. The molecule has 0 radical (unpaired) electrons. The number of carbonyl (C=O) groups excluding carboxylic acids is 2. The Morgan fingerprint density at radius 3 is 1.69 bits per heavy atom. The first kappa shape index (κ1) is 27.9. The molecule has 0 aliphatic rings. The van der Waals surface area contributed by atoms with Gasteiger partial charge in [0, 0.05) is 6.42 Å². The van der Waals surface area contributed by atoms with Crippen LogP contribution in [0.5, 0.6) is 0 Å². The Hall–Kier alpha value is -1.06. The molecule has 0 saturated heterocycles. The predicted octanol–water partition coefficient (Wildman–Crippen LogP) is 7.38. The Labute approximate surface area is 180 Å². The van der Waals surface area contributed by atoms with Gasteiger partial charge in [-0.1, -0.05) is 91.4 Å². The zero-order valence-electron chi connectivity index (χ0n) is 19.6. The zero-order chi connectivity index (χ0) is 21.6. The van der Waals surface area contributed by atoms with Gasteiger partial charge in [0.2, 0.25) is 0 Å². The molecule has 0 spiro atoms. The Balaban J connectivity index is 3.46. The SMILES string of the molecule is CCCCCOC(=O)CCCCCCCCCCC(CC)C(=O)OCCCCC. The fraction of sp³-hybridized carbons (Fsp3) is 0.920. The largest absolute Gasteiger partial charge is 0.466 e. The van der Waals surface area contributed by atoms with Crippen LogP contribution in [0.25, 0.3) is 0 Å². The number of carbonyl (C=O) groups is 2. The molecular weight excluding hydrogens is 364 g/mol. The van der Waals surface area contributed by atoms with E-state index in [1.54, 1.807) is 0 Å². The van der Waals surface area contributed by atoms with Gasteiger partial charge in [-0.3, -0.25) is 9.59 Å². The van der Waals surface area contributed by atoms with Gasteiger partial charge >= 0.3 is 11.9 Å². The molecule has 0 aromatic heterocycles. The van der Waals surface area contributed by atoms with Crippen molar-refractivity contribution in [3.8, 4) is 0 Å².